The Morgan fingerprint density at radius 1 is 1.67 bits per heavy atom. The highest BCUT2D eigenvalue weighted by Crippen LogP contribution is 2.19. The third-order valence-electron chi connectivity index (χ3n) is 2.85. The van der Waals surface area contributed by atoms with E-state index in [1.54, 1.807) is 0 Å². The van der Waals surface area contributed by atoms with E-state index >= 15 is 0 Å². The van der Waals surface area contributed by atoms with Crippen LogP contribution in [0.3, 0.4) is 0 Å². The first-order valence-electron chi connectivity index (χ1n) is 5.65. The van der Waals surface area contributed by atoms with Gasteiger partial charge in [-0.15, -0.1) is 0 Å². The Labute approximate surface area is 91.3 Å². The van der Waals surface area contributed by atoms with Gasteiger partial charge in [-0.2, -0.15) is 0 Å². The van der Waals surface area contributed by atoms with Crippen molar-refractivity contribution in [2.75, 3.05) is 26.9 Å². The van der Waals surface area contributed by atoms with E-state index in [0.29, 0.717) is 12.3 Å². The largest absolute Gasteiger partial charge is 0.469 e. The van der Waals surface area contributed by atoms with Crippen LogP contribution in [-0.2, 0) is 14.3 Å². The summed E-state index contributed by atoms with van der Waals surface area (Å²) in [6.07, 6.45) is 2.67. The van der Waals surface area contributed by atoms with Crippen molar-refractivity contribution in [3.8, 4) is 0 Å². The molecule has 1 N–H and O–H groups in total. The average molecular weight is 215 g/mol. The number of esters is 1. The van der Waals surface area contributed by atoms with Gasteiger partial charge in [-0.05, 0) is 25.3 Å². The fourth-order valence-corrected chi connectivity index (χ4v) is 2.01. The van der Waals surface area contributed by atoms with Crippen molar-refractivity contribution in [2.45, 2.75) is 32.2 Å². The lowest BCUT2D eigenvalue weighted by Crippen LogP contribution is -2.41. The van der Waals surface area contributed by atoms with Crippen LogP contribution >= 0.6 is 0 Å². The molecule has 88 valence electrons. The van der Waals surface area contributed by atoms with Gasteiger partial charge in [-0.1, -0.05) is 6.92 Å². The maximum atomic E-state index is 11.2. The minimum Gasteiger partial charge on any atom is -0.469 e. The van der Waals surface area contributed by atoms with Crippen molar-refractivity contribution in [3.63, 3.8) is 0 Å². The number of ether oxygens (including phenoxy) is 2. The number of carbonyl (C=O) groups is 1. The molecule has 1 fully saturated rings. The van der Waals surface area contributed by atoms with Gasteiger partial charge in [-0.3, -0.25) is 4.79 Å². The lowest BCUT2D eigenvalue weighted by atomic mass is 9.91. The van der Waals surface area contributed by atoms with Gasteiger partial charge in [-0.25, -0.2) is 0 Å². The quantitative estimate of drug-likeness (QED) is 0.694. The molecule has 4 nitrogen and oxygen atoms in total. The molecule has 0 aromatic carbocycles. The van der Waals surface area contributed by atoms with Crippen LogP contribution < -0.4 is 5.32 Å². The summed E-state index contributed by atoms with van der Waals surface area (Å²) >= 11 is 0. The average Bonchev–Trinajstić information content (AvgIpc) is 2.29. The summed E-state index contributed by atoms with van der Waals surface area (Å²) in [4.78, 5) is 11.2. The maximum Gasteiger partial charge on any atom is 0.307 e. The summed E-state index contributed by atoms with van der Waals surface area (Å²) in [5.41, 5.74) is 0. The topological polar surface area (TPSA) is 47.6 Å². The zero-order valence-electron chi connectivity index (χ0n) is 9.62. The molecular formula is C11H21NO3. The van der Waals surface area contributed by atoms with E-state index < -0.39 is 0 Å². The van der Waals surface area contributed by atoms with Crippen LogP contribution in [-0.4, -0.2) is 38.9 Å². The molecular weight excluding hydrogens is 194 g/mol. The zero-order chi connectivity index (χ0) is 11.1. The lowest BCUT2D eigenvalue weighted by molar-refractivity contribution is -0.141. The van der Waals surface area contributed by atoms with Crippen LogP contribution in [0.1, 0.15) is 26.2 Å². The van der Waals surface area contributed by atoms with Gasteiger partial charge in [0, 0.05) is 12.6 Å². The lowest BCUT2D eigenvalue weighted by Gasteiger charge is -2.30. The molecule has 0 aromatic rings. The van der Waals surface area contributed by atoms with E-state index in [0.717, 1.165) is 32.6 Å². The summed E-state index contributed by atoms with van der Waals surface area (Å²) in [7, 11) is 1.43. The molecule has 0 bridgehead atoms. The van der Waals surface area contributed by atoms with E-state index in [4.69, 9.17) is 9.47 Å². The third kappa shape index (κ3) is 4.18. The van der Waals surface area contributed by atoms with Crippen LogP contribution in [0.25, 0.3) is 0 Å². The maximum absolute atomic E-state index is 11.2. The molecule has 1 rings (SSSR count). The van der Waals surface area contributed by atoms with E-state index in [1.807, 2.05) is 6.92 Å². The number of rotatable bonds is 5. The van der Waals surface area contributed by atoms with Gasteiger partial charge in [0.15, 0.2) is 0 Å². The van der Waals surface area contributed by atoms with Crippen LogP contribution in [0, 0.1) is 5.92 Å². The highest BCUT2D eigenvalue weighted by molar-refractivity contribution is 5.69. The molecule has 1 saturated heterocycles. The second-order valence-corrected chi connectivity index (χ2v) is 3.92. The minimum absolute atomic E-state index is 0.147. The predicted molar refractivity (Wildman–Crippen MR) is 57.6 cm³/mol. The second kappa shape index (κ2) is 6.80. The standard InChI is InChI=1S/C11H21NO3/c1-3-12-10(7-11(13)14-2)9-5-4-6-15-8-9/h9-10,12H,3-8H2,1-2H3. The van der Waals surface area contributed by atoms with E-state index in [-0.39, 0.29) is 12.0 Å². The Hall–Kier alpha value is -0.610. The molecule has 1 heterocycles. The van der Waals surface area contributed by atoms with Gasteiger partial charge in [0.2, 0.25) is 0 Å². The summed E-state index contributed by atoms with van der Waals surface area (Å²) in [5.74, 6) is 0.296. The first-order chi connectivity index (χ1) is 7.27. The monoisotopic (exact) mass is 215 g/mol. The predicted octanol–water partition coefficient (Wildman–Crippen LogP) is 0.954. The number of hydrogen-bond acceptors (Lipinski definition) is 4. The fraction of sp³-hybridized carbons (Fsp3) is 0.909. The third-order valence-corrected chi connectivity index (χ3v) is 2.85. The Kier molecular flexibility index (Phi) is 5.65. The first-order valence-corrected chi connectivity index (χ1v) is 5.65. The molecule has 2 atom stereocenters. The van der Waals surface area contributed by atoms with Crippen LogP contribution in [0.4, 0.5) is 0 Å². The molecule has 0 aromatic heterocycles. The van der Waals surface area contributed by atoms with Crippen molar-refractivity contribution < 1.29 is 14.3 Å². The van der Waals surface area contributed by atoms with Gasteiger partial charge < -0.3 is 14.8 Å². The van der Waals surface area contributed by atoms with Gasteiger partial charge in [0.25, 0.3) is 0 Å². The summed E-state index contributed by atoms with van der Waals surface area (Å²) in [6.45, 7) is 4.54. The van der Waals surface area contributed by atoms with Crippen molar-refractivity contribution in [1.82, 2.24) is 5.32 Å². The van der Waals surface area contributed by atoms with Gasteiger partial charge in [0.05, 0.1) is 20.1 Å². The second-order valence-electron chi connectivity index (χ2n) is 3.92. The molecule has 15 heavy (non-hydrogen) atoms. The Morgan fingerprint density at radius 3 is 3.00 bits per heavy atom. The number of methoxy groups -OCH3 is 1. The SMILES string of the molecule is CCNC(CC(=O)OC)C1CCCOC1. The van der Waals surface area contributed by atoms with Crippen molar-refractivity contribution in [2.24, 2.45) is 5.92 Å². The molecule has 1 aliphatic heterocycles. The molecule has 0 amide bonds. The highest BCUT2D eigenvalue weighted by Gasteiger charge is 2.25. The van der Waals surface area contributed by atoms with Crippen LogP contribution in [0.5, 0.6) is 0 Å². The fourth-order valence-electron chi connectivity index (χ4n) is 2.01. The van der Waals surface area contributed by atoms with E-state index in [1.165, 1.54) is 7.11 Å². The number of carbonyl (C=O) groups excluding carboxylic acids is 1. The normalized spacial score (nSPS) is 23.5. The Bertz CT molecular complexity index is 190. The van der Waals surface area contributed by atoms with Crippen LogP contribution in [0.15, 0.2) is 0 Å². The molecule has 1 aliphatic rings. The zero-order valence-corrected chi connectivity index (χ0v) is 9.62. The minimum atomic E-state index is -0.147. The van der Waals surface area contributed by atoms with Gasteiger partial charge in [0.1, 0.15) is 0 Å². The van der Waals surface area contributed by atoms with Crippen LogP contribution in [0.2, 0.25) is 0 Å². The number of nitrogens with one attached hydrogen (secondary N) is 1. The Balaban J connectivity index is 2.43. The highest BCUT2D eigenvalue weighted by atomic mass is 16.5. The van der Waals surface area contributed by atoms with Gasteiger partial charge >= 0.3 is 5.97 Å². The number of hydrogen-bond donors (Lipinski definition) is 1. The van der Waals surface area contributed by atoms with Crippen molar-refractivity contribution in [3.05, 3.63) is 0 Å². The molecule has 2 unspecified atom stereocenters. The molecule has 0 saturated carbocycles. The van der Waals surface area contributed by atoms with E-state index in [2.05, 4.69) is 5.32 Å². The molecule has 0 spiro atoms. The first kappa shape index (κ1) is 12.5. The summed E-state index contributed by atoms with van der Waals surface area (Å²) < 4.78 is 10.1. The van der Waals surface area contributed by atoms with E-state index in [9.17, 15) is 4.79 Å². The molecule has 0 radical (unpaired) electrons. The molecule has 0 aliphatic carbocycles. The van der Waals surface area contributed by atoms with Crippen molar-refractivity contribution in [1.29, 1.82) is 0 Å². The summed E-state index contributed by atoms with van der Waals surface area (Å²) in [5, 5.41) is 3.34. The van der Waals surface area contributed by atoms with Crippen molar-refractivity contribution >= 4 is 5.97 Å². The molecule has 4 heteroatoms. The smallest absolute Gasteiger partial charge is 0.307 e. The Morgan fingerprint density at radius 2 is 2.47 bits per heavy atom. The summed E-state index contributed by atoms with van der Waals surface area (Å²) in [6, 6.07) is 0.197.